The molecule has 0 aliphatic carbocycles. The molecular formula is C12H19BrN2O3S2. The van der Waals surface area contributed by atoms with Crippen molar-refractivity contribution in [1.82, 2.24) is 4.72 Å². The lowest BCUT2D eigenvalue weighted by Crippen LogP contribution is -2.34. The molecule has 0 aliphatic rings. The molecule has 0 radical (unpaired) electrons. The van der Waals surface area contributed by atoms with Gasteiger partial charge < -0.3 is 5.73 Å². The first-order valence-electron chi connectivity index (χ1n) is 6.01. The number of aryl methyl sites for hydroxylation is 1. The largest absolute Gasteiger partial charge is 0.398 e. The number of hydrogen-bond donors (Lipinski definition) is 2. The fourth-order valence-electron chi connectivity index (χ4n) is 1.69. The van der Waals surface area contributed by atoms with Gasteiger partial charge in [0, 0.05) is 39.0 Å². The van der Waals surface area contributed by atoms with Gasteiger partial charge in [-0.15, -0.1) is 0 Å². The van der Waals surface area contributed by atoms with Crippen molar-refractivity contribution >= 4 is 42.4 Å². The monoisotopic (exact) mass is 382 g/mol. The molecule has 8 heteroatoms. The minimum Gasteiger partial charge on any atom is -0.398 e. The fraction of sp³-hybridized carbons (Fsp3) is 0.500. The lowest BCUT2D eigenvalue weighted by Gasteiger charge is -2.15. The minimum atomic E-state index is -3.63. The van der Waals surface area contributed by atoms with Gasteiger partial charge in [-0.3, -0.25) is 4.21 Å². The molecule has 2 atom stereocenters. The summed E-state index contributed by atoms with van der Waals surface area (Å²) in [6, 6.07) is 2.83. The molecule has 0 bridgehead atoms. The number of anilines is 1. The topological polar surface area (TPSA) is 89.3 Å². The van der Waals surface area contributed by atoms with Crippen molar-refractivity contribution in [3.05, 3.63) is 22.2 Å². The average molecular weight is 383 g/mol. The smallest absolute Gasteiger partial charge is 0.241 e. The van der Waals surface area contributed by atoms with Crippen LogP contribution in [0.25, 0.3) is 0 Å². The first-order chi connectivity index (χ1) is 9.13. The molecule has 0 spiro atoms. The van der Waals surface area contributed by atoms with Crippen molar-refractivity contribution < 1.29 is 12.6 Å². The summed E-state index contributed by atoms with van der Waals surface area (Å²) in [4.78, 5) is 0.169. The number of rotatable bonds is 6. The molecule has 0 amide bonds. The minimum absolute atomic E-state index is 0.169. The Balaban J connectivity index is 2.94. The zero-order valence-corrected chi connectivity index (χ0v) is 14.9. The van der Waals surface area contributed by atoms with Crippen LogP contribution in [-0.4, -0.2) is 30.7 Å². The highest BCUT2D eigenvalue weighted by Crippen LogP contribution is 2.26. The van der Waals surface area contributed by atoms with E-state index in [-0.39, 0.29) is 10.9 Å². The van der Waals surface area contributed by atoms with E-state index in [1.54, 1.807) is 26.2 Å². The molecular weight excluding hydrogens is 364 g/mol. The van der Waals surface area contributed by atoms with Crippen LogP contribution in [0.1, 0.15) is 18.9 Å². The summed E-state index contributed by atoms with van der Waals surface area (Å²) >= 11 is 3.26. The molecule has 0 aliphatic heterocycles. The Morgan fingerprint density at radius 3 is 2.60 bits per heavy atom. The molecule has 1 aromatic rings. The Morgan fingerprint density at radius 1 is 1.45 bits per heavy atom. The zero-order valence-electron chi connectivity index (χ0n) is 11.6. The predicted molar refractivity (Wildman–Crippen MR) is 86.6 cm³/mol. The van der Waals surface area contributed by atoms with Gasteiger partial charge in [-0.25, -0.2) is 13.1 Å². The number of benzene rings is 1. The molecule has 20 heavy (non-hydrogen) atoms. The normalized spacial score (nSPS) is 15.0. The fourth-order valence-corrected chi connectivity index (χ4v) is 4.37. The Bertz CT molecular complexity index is 617. The van der Waals surface area contributed by atoms with Gasteiger partial charge in [-0.1, -0.05) is 0 Å². The van der Waals surface area contributed by atoms with Gasteiger partial charge in [-0.05, 0) is 53.9 Å². The van der Waals surface area contributed by atoms with Gasteiger partial charge in [0.25, 0.3) is 0 Å². The summed E-state index contributed by atoms with van der Waals surface area (Å²) in [6.45, 7) is 3.46. The van der Waals surface area contributed by atoms with Gasteiger partial charge in [0.1, 0.15) is 0 Å². The van der Waals surface area contributed by atoms with E-state index in [4.69, 9.17) is 5.73 Å². The van der Waals surface area contributed by atoms with E-state index in [2.05, 4.69) is 20.7 Å². The highest BCUT2D eigenvalue weighted by atomic mass is 79.9. The van der Waals surface area contributed by atoms with Gasteiger partial charge in [0.2, 0.25) is 10.0 Å². The molecule has 5 nitrogen and oxygen atoms in total. The van der Waals surface area contributed by atoms with E-state index in [0.29, 0.717) is 27.9 Å². The van der Waals surface area contributed by atoms with Crippen LogP contribution in [0.2, 0.25) is 0 Å². The molecule has 0 heterocycles. The predicted octanol–water partition coefficient (Wildman–Crippen LogP) is 1.78. The molecule has 0 aromatic heterocycles. The number of nitrogens with two attached hydrogens (primary N) is 1. The Labute approximate surface area is 131 Å². The summed E-state index contributed by atoms with van der Waals surface area (Å²) in [6.07, 6.45) is 2.12. The van der Waals surface area contributed by atoms with Crippen molar-refractivity contribution in [2.75, 3.05) is 17.7 Å². The molecule has 2 unspecified atom stereocenters. The van der Waals surface area contributed by atoms with Crippen LogP contribution >= 0.6 is 15.9 Å². The molecule has 0 saturated heterocycles. The van der Waals surface area contributed by atoms with Crippen LogP contribution in [0.4, 0.5) is 5.69 Å². The Hall–Kier alpha value is -0.440. The van der Waals surface area contributed by atoms with Crippen molar-refractivity contribution in [2.24, 2.45) is 0 Å². The van der Waals surface area contributed by atoms with E-state index >= 15 is 0 Å². The number of hydrogen-bond acceptors (Lipinski definition) is 4. The van der Waals surface area contributed by atoms with Crippen LogP contribution in [-0.2, 0) is 20.8 Å². The summed E-state index contributed by atoms with van der Waals surface area (Å²) in [5, 5.41) is 0. The molecule has 1 aromatic carbocycles. The van der Waals surface area contributed by atoms with Crippen LogP contribution in [0.15, 0.2) is 21.5 Å². The van der Waals surface area contributed by atoms with Gasteiger partial charge in [-0.2, -0.15) is 0 Å². The Morgan fingerprint density at radius 2 is 2.05 bits per heavy atom. The van der Waals surface area contributed by atoms with Gasteiger partial charge >= 0.3 is 0 Å². The average Bonchev–Trinajstić information content (AvgIpc) is 2.30. The van der Waals surface area contributed by atoms with Crippen molar-refractivity contribution in [1.29, 1.82) is 0 Å². The van der Waals surface area contributed by atoms with Crippen molar-refractivity contribution in [3.63, 3.8) is 0 Å². The number of nitrogen functional groups attached to an aromatic ring is 1. The number of sulfonamides is 1. The van der Waals surface area contributed by atoms with E-state index in [9.17, 15) is 12.6 Å². The first-order valence-corrected chi connectivity index (χ1v) is 10.0. The molecule has 1 rings (SSSR count). The highest BCUT2D eigenvalue weighted by molar-refractivity contribution is 9.10. The van der Waals surface area contributed by atoms with Crippen molar-refractivity contribution in [3.8, 4) is 0 Å². The quantitative estimate of drug-likeness (QED) is 0.733. The maximum atomic E-state index is 12.3. The summed E-state index contributed by atoms with van der Waals surface area (Å²) in [5.74, 6) is 0.463. The number of halogens is 1. The SMILES string of the molecule is Cc1cc(Br)c(N)cc1S(=O)(=O)NC(C)CCS(C)=O. The second-order valence-electron chi connectivity index (χ2n) is 4.73. The lowest BCUT2D eigenvalue weighted by atomic mass is 10.2. The molecule has 0 fully saturated rings. The van der Waals surface area contributed by atoms with Gasteiger partial charge in [0.15, 0.2) is 0 Å². The van der Waals surface area contributed by atoms with Crippen LogP contribution < -0.4 is 10.5 Å². The third-order valence-electron chi connectivity index (χ3n) is 2.78. The van der Waals surface area contributed by atoms with E-state index < -0.39 is 20.8 Å². The zero-order chi connectivity index (χ0) is 15.5. The van der Waals surface area contributed by atoms with Crippen molar-refractivity contribution in [2.45, 2.75) is 31.2 Å². The standard InChI is InChI=1S/C12H19BrN2O3S2/c1-8-6-10(13)11(14)7-12(8)20(17,18)15-9(2)4-5-19(3)16/h6-7,9,15H,4-5,14H2,1-3H3. The maximum absolute atomic E-state index is 12.3. The second-order valence-corrected chi connectivity index (χ2v) is 8.82. The summed E-state index contributed by atoms with van der Waals surface area (Å²) in [5.41, 5.74) is 6.73. The van der Waals surface area contributed by atoms with E-state index in [1.807, 2.05) is 0 Å². The maximum Gasteiger partial charge on any atom is 0.241 e. The molecule has 114 valence electrons. The van der Waals surface area contributed by atoms with E-state index in [1.165, 1.54) is 6.07 Å². The number of nitrogens with one attached hydrogen (secondary N) is 1. The van der Waals surface area contributed by atoms with E-state index in [0.717, 1.165) is 0 Å². The second kappa shape index (κ2) is 7.02. The first kappa shape index (κ1) is 17.6. The van der Waals surface area contributed by atoms with Crippen LogP contribution in [0.3, 0.4) is 0 Å². The Kier molecular flexibility index (Phi) is 6.18. The summed E-state index contributed by atoms with van der Waals surface area (Å²) in [7, 11) is -4.56. The molecule has 0 saturated carbocycles. The van der Waals surface area contributed by atoms with Gasteiger partial charge in [0.05, 0.1) is 4.90 Å². The third-order valence-corrected chi connectivity index (χ3v) is 6.01. The van der Waals surface area contributed by atoms with Crippen LogP contribution in [0.5, 0.6) is 0 Å². The highest BCUT2D eigenvalue weighted by Gasteiger charge is 2.20. The third kappa shape index (κ3) is 4.83. The molecule has 3 N–H and O–H groups in total. The van der Waals surface area contributed by atoms with Crippen LogP contribution in [0, 0.1) is 6.92 Å². The summed E-state index contributed by atoms with van der Waals surface area (Å²) < 4.78 is 38.9. The lowest BCUT2D eigenvalue weighted by molar-refractivity contribution is 0.555.